The smallest absolute Gasteiger partial charge is 0.257 e. The van der Waals surface area contributed by atoms with Crippen molar-refractivity contribution in [2.24, 2.45) is 0 Å². The summed E-state index contributed by atoms with van der Waals surface area (Å²) < 4.78 is 15.2. The van der Waals surface area contributed by atoms with Gasteiger partial charge in [0.25, 0.3) is 20.1 Å². The number of amides is 1. The van der Waals surface area contributed by atoms with Crippen LogP contribution in [0.2, 0.25) is 17.4 Å². The number of hydrogen-bond donors (Lipinski definition) is 1. The van der Waals surface area contributed by atoms with Gasteiger partial charge < -0.3 is 15.1 Å². The Labute approximate surface area is 205 Å². The first-order valence-corrected chi connectivity index (χ1v) is 15.7. The number of piperazine rings is 1. The van der Waals surface area contributed by atoms with Crippen molar-refractivity contribution in [3.05, 3.63) is 51.5 Å². The van der Waals surface area contributed by atoms with Crippen molar-refractivity contribution in [1.82, 2.24) is 14.8 Å². The Morgan fingerprint density at radius 1 is 1.19 bits per heavy atom. The fraction of sp³-hybridized carbons (Fsp3) is 0.364. The van der Waals surface area contributed by atoms with Crippen molar-refractivity contribution < 1.29 is 9.18 Å². The molecule has 0 bridgehead atoms. The average Bonchev–Trinajstić information content (AvgIpc) is 3.07. The Morgan fingerprint density at radius 2 is 1.87 bits per heavy atom. The van der Waals surface area contributed by atoms with E-state index in [1.807, 2.05) is 23.1 Å². The standard InChI is InChI=1S/C19H18FIN4OS.3CH3.Al/c1-24-7-9-25(10-8-24)19(26)16-13-3-2-6-22-17(13)27-18(16)23-15-5-4-12(21)11-14(15)20;;;;/h2-6,11,23H,7-10H2,1H3;3*1H3;. The molecule has 9 heteroatoms. The van der Waals surface area contributed by atoms with E-state index in [9.17, 15) is 9.18 Å². The molecule has 0 spiro atoms. The number of aromatic nitrogens is 1. The van der Waals surface area contributed by atoms with Crippen LogP contribution in [0, 0.1) is 9.39 Å². The molecule has 3 heterocycles. The van der Waals surface area contributed by atoms with Gasteiger partial charge in [-0.2, -0.15) is 0 Å². The van der Waals surface area contributed by atoms with Gasteiger partial charge in [0.15, 0.2) is 0 Å². The molecule has 1 saturated heterocycles. The van der Waals surface area contributed by atoms with Gasteiger partial charge >= 0.3 is 0 Å². The summed E-state index contributed by atoms with van der Waals surface area (Å²) >= 11 is 3.31. The SMILES string of the molecule is CN1CCN(C(=O)c2c(Nc3ccc(I)cc3F)sc3ncccc23)CC1.[CH3][Al]([CH3])[CH3]. The lowest BCUT2D eigenvalue weighted by Gasteiger charge is -2.32. The summed E-state index contributed by atoms with van der Waals surface area (Å²) in [6, 6.07) is 8.72. The summed E-state index contributed by atoms with van der Waals surface area (Å²) in [5.74, 6) is 6.54. The Bertz CT molecular complexity index is 1050. The summed E-state index contributed by atoms with van der Waals surface area (Å²) in [6.07, 6.45) is 1.71. The minimum Gasteiger partial charge on any atom is -0.344 e. The summed E-state index contributed by atoms with van der Waals surface area (Å²) in [6.45, 7) is 3.07. The van der Waals surface area contributed by atoms with Gasteiger partial charge in [-0.25, -0.2) is 9.37 Å². The third-order valence-corrected chi connectivity index (χ3v) is 6.35. The summed E-state index contributed by atoms with van der Waals surface area (Å²) in [5, 5.41) is 4.57. The van der Waals surface area contributed by atoms with Gasteiger partial charge in [-0.05, 0) is 60.0 Å². The van der Waals surface area contributed by atoms with Gasteiger partial charge in [0.1, 0.15) is 15.6 Å². The Hall–Kier alpha value is -1.25. The molecule has 5 nitrogen and oxygen atoms in total. The molecular weight excluding hydrogens is 541 g/mol. The molecule has 1 fully saturated rings. The molecule has 2 aromatic heterocycles. The number of rotatable bonds is 3. The maximum Gasteiger partial charge on any atom is 0.257 e. The predicted molar refractivity (Wildman–Crippen MR) is 139 cm³/mol. The molecule has 4 rings (SSSR count). The molecule has 0 unspecified atom stereocenters. The van der Waals surface area contributed by atoms with Crippen LogP contribution >= 0.6 is 33.9 Å². The maximum atomic E-state index is 14.3. The van der Waals surface area contributed by atoms with E-state index in [1.54, 1.807) is 12.3 Å². The number of anilines is 2. The summed E-state index contributed by atoms with van der Waals surface area (Å²) in [5.41, 5.74) is 0.931. The first kappa shape index (κ1) is 24.4. The Morgan fingerprint density at radius 3 is 2.52 bits per heavy atom. The highest BCUT2D eigenvalue weighted by atomic mass is 127. The number of likely N-dealkylation sites (N-methyl/N-ethyl adjacent to an activating group) is 1. The van der Waals surface area contributed by atoms with Crippen molar-refractivity contribution in [1.29, 1.82) is 0 Å². The second-order valence-corrected chi connectivity index (χ2v) is 13.9. The van der Waals surface area contributed by atoms with E-state index in [2.05, 4.69) is 62.2 Å². The van der Waals surface area contributed by atoms with Crippen molar-refractivity contribution in [3.63, 3.8) is 0 Å². The van der Waals surface area contributed by atoms with E-state index < -0.39 is 0 Å². The van der Waals surface area contributed by atoms with Crippen molar-refractivity contribution in [3.8, 4) is 0 Å². The molecule has 1 aromatic carbocycles. The lowest BCUT2D eigenvalue weighted by atomic mass is 10.1. The molecule has 1 aliphatic rings. The number of hydrogen-bond acceptors (Lipinski definition) is 5. The van der Waals surface area contributed by atoms with Crippen LogP contribution in [-0.4, -0.2) is 68.1 Å². The number of carbonyl (C=O) groups excluding carboxylic acids is 1. The number of thiophene rings is 1. The molecule has 3 aromatic rings. The fourth-order valence-corrected chi connectivity index (χ4v) is 4.61. The van der Waals surface area contributed by atoms with E-state index in [-0.39, 0.29) is 25.9 Å². The molecule has 1 aliphatic heterocycles. The zero-order valence-corrected chi connectivity index (χ0v) is 22.4. The number of fused-ring (bicyclic) bond motifs is 1. The van der Waals surface area contributed by atoms with Crippen LogP contribution in [0.3, 0.4) is 0 Å². The maximum absolute atomic E-state index is 14.3. The monoisotopic (exact) mass is 568 g/mol. The second-order valence-electron chi connectivity index (χ2n) is 8.24. The summed E-state index contributed by atoms with van der Waals surface area (Å²) in [4.78, 5) is 22.5. The molecule has 0 radical (unpaired) electrons. The first-order valence-electron chi connectivity index (χ1n) is 10.3. The van der Waals surface area contributed by atoms with Gasteiger partial charge in [-0.1, -0.05) is 11.3 Å². The van der Waals surface area contributed by atoms with Crippen LogP contribution in [0.25, 0.3) is 10.2 Å². The zero-order valence-electron chi connectivity index (χ0n) is 18.3. The van der Waals surface area contributed by atoms with E-state index in [1.165, 1.54) is 17.4 Å². The molecule has 1 amide bonds. The predicted octanol–water partition coefficient (Wildman–Crippen LogP) is 5.54. The molecule has 0 aliphatic carbocycles. The zero-order chi connectivity index (χ0) is 22.5. The largest absolute Gasteiger partial charge is 0.344 e. The number of pyridine rings is 1. The van der Waals surface area contributed by atoms with Crippen LogP contribution < -0.4 is 5.32 Å². The van der Waals surface area contributed by atoms with Gasteiger partial charge in [0.05, 0.1) is 11.3 Å². The molecule has 0 atom stereocenters. The van der Waals surface area contributed by atoms with Crippen LogP contribution in [0.1, 0.15) is 10.4 Å². The molecule has 164 valence electrons. The van der Waals surface area contributed by atoms with Crippen molar-refractivity contribution in [2.75, 3.05) is 38.5 Å². The number of nitrogens with one attached hydrogen (secondary N) is 1. The van der Waals surface area contributed by atoms with E-state index in [4.69, 9.17) is 0 Å². The molecule has 31 heavy (non-hydrogen) atoms. The molecular formula is C22H27AlFIN4OS. The van der Waals surface area contributed by atoms with Gasteiger partial charge in [-0.3, -0.25) is 4.79 Å². The number of benzene rings is 1. The highest BCUT2D eigenvalue weighted by Crippen LogP contribution is 2.37. The van der Waals surface area contributed by atoms with Crippen LogP contribution in [0.15, 0.2) is 36.5 Å². The van der Waals surface area contributed by atoms with Gasteiger partial charge in [-0.15, -0.1) is 17.4 Å². The minimum absolute atomic E-state index is 0.0317. The van der Waals surface area contributed by atoms with Gasteiger partial charge in [0, 0.05) is 41.3 Å². The molecule has 1 N–H and O–H groups in total. The highest BCUT2D eigenvalue weighted by molar-refractivity contribution is 14.1. The minimum atomic E-state index is -0.342. The third kappa shape index (κ3) is 6.39. The fourth-order valence-electron chi connectivity index (χ4n) is 3.11. The van der Waals surface area contributed by atoms with Crippen molar-refractivity contribution >= 4 is 74.9 Å². The lowest BCUT2D eigenvalue weighted by Crippen LogP contribution is -2.47. The molecule has 0 saturated carbocycles. The first-order chi connectivity index (χ1) is 14.8. The van der Waals surface area contributed by atoms with E-state index >= 15 is 0 Å². The number of halogens is 2. The van der Waals surface area contributed by atoms with Crippen LogP contribution in [0.5, 0.6) is 0 Å². The number of carbonyl (C=O) groups is 1. The summed E-state index contributed by atoms with van der Waals surface area (Å²) in [7, 11) is 2.05. The quantitative estimate of drug-likeness (QED) is 0.333. The normalized spacial score (nSPS) is 14.2. The number of nitrogens with zero attached hydrogens (tertiary/aromatic N) is 3. The van der Waals surface area contributed by atoms with Crippen LogP contribution in [-0.2, 0) is 0 Å². The van der Waals surface area contributed by atoms with Gasteiger partial charge in [0.2, 0.25) is 0 Å². The Balaban J connectivity index is 0.000000628. The lowest BCUT2D eigenvalue weighted by molar-refractivity contribution is 0.0667. The van der Waals surface area contributed by atoms with E-state index in [0.717, 1.165) is 26.9 Å². The highest BCUT2D eigenvalue weighted by Gasteiger charge is 2.27. The van der Waals surface area contributed by atoms with E-state index in [0.29, 0.717) is 29.3 Å². The Kier molecular flexibility index (Phi) is 8.70. The van der Waals surface area contributed by atoms with Crippen LogP contribution in [0.4, 0.5) is 15.1 Å². The second kappa shape index (κ2) is 11.1. The average molecular weight is 568 g/mol. The third-order valence-electron chi connectivity index (χ3n) is 4.65. The topological polar surface area (TPSA) is 48.5 Å². The van der Waals surface area contributed by atoms with Crippen molar-refractivity contribution in [2.45, 2.75) is 17.4 Å².